The molecule has 5 nitrogen and oxygen atoms in total. The molecule has 0 radical (unpaired) electrons. The first kappa shape index (κ1) is 15.4. The Labute approximate surface area is 124 Å². The third-order valence-corrected chi connectivity index (χ3v) is 3.29. The standard InChI is InChI=1S/C16H21NO4/c1-10-6-7-11-9-13(14(18)20-5)17(12(11)8-10)15(19)21-16(2,3)4/h6-8,13H,9H2,1-5H3. The van der Waals surface area contributed by atoms with Gasteiger partial charge in [0.2, 0.25) is 0 Å². The van der Waals surface area contributed by atoms with Crippen molar-refractivity contribution in [3.8, 4) is 0 Å². The van der Waals surface area contributed by atoms with Crippen LogP contribution >= 0.6 is 0 Å². The second-order valence-corrected chi connectivity index (χ2v) is 6.23. The number of nitrogens with zero attached hydrogens (tertiary/aromatic N) is 1. The summed E-state index contributed by atoms with van der Waals surface area (Å²) in [4.78, 5) is 25.8. The van der Waals surface area contributed by atoms with Crippen LogP contribution in [-0.2, 0) is 20.7 Å². The normalized spacial score (nSPS) is 17.4. The van der Waals surface area contributed by atoms with Crippen LogP contribution < -0.4 is 4.90 Å². The molecule has 1 aliphatic heterocycles. The van der Waals surface area contributed by atoms with Crippen LogP contribution in [0.2, 0.25) is 0 Å². The van der Waals surface area contributed by atoms with Gasteiger partial charge < -0.3 is 9.47 Å². The van der Waals surface area contributed by atoms with Crippen molar-refractivity contribution < 1.29 is 19.1 Å². The lowest BCUT2D eigenvalue weighted by molar-refractivity contribution is -0.142. The van der Waals surface area contributed by atoms with E-state index in [1.807, 2.05) is 25.1 Å². The summed E-state index contributed by atoms with van der Waals surface area (Å²) in [5, 5.41) is 0. The van der Waals surface area contributed by atoms with Crippen molar-refractivity contribution in [3.05, 3.63) is 29.3 Å². The van der Waals surface area contributed by atoms with Crippen molar-refractivity contribution in [2.24, 2.45) is 0 Å². The maximum atomic E-state index is 12.5. The van der Waals surface area contributed by atoms with Gasteiger partial charge in [0.15, 0.2) is 0 Å². The Morgan fingerprint density at radius 3 is 2.52 bits per heavy atom. The molecule has 0 saturated carbocycles. The fraction of sp³-hybridized carbons (Fsp3) is 0.500. The summed E-state index contributed by atoms with van der Waals surface area (Å²) in [5.74, 6) is -0.435. The van der Waals surface area contributed by atoms with E-state index in [0.29, 0.717) is 6.42 Å². The molecule has 1 aromatic rings. The summed E-state index contributed by atoms with van der Waals surface area (Å²) in [6.45, 7) is 7.33. The van der Waals surface area contributed by atoms with E-state index >= 15 is 0 Å². The van der Waals surface area contributed by atoms with Gasteiger partial charge in [0.05, 0.1) is 12.8 Å². The maximum Gasteiger partial charge on any atom is 0.415 e. The molecular formula is C16H21NO4. The molecule has 114 valence electrons. The van der Waals surface area contributed by atoms with E-state index < -0.39 is 23.7 Å². The van der Waals surface area contributed by atoms with Gasteiger partial charge >= 0.3 is 12.1 Å². The second kappa shape index (κ2) is 5.39. The quantitative estimate of drug-likeness (QED) is 0.747. The third kappa shape index (κ3) is 3.17. The Kier molecular flexibility index (Phi) is 3.94. The van der Waals surface area contributed by atoms with Gasteiger partial charge in [-0.25, -0.2) is 9.59 Å². The van der Waals surface area contributed by atoms with E-state index in [-0.39, 0.29) is 0 Å². The highest BCUT2D eigenvalue weighted by Crippen LogP contribution is 2.34. The summed E-state index contributed by atoms with van der Waals surface area (Å²) < 4.78 is 10.2. The van der Waals surface area contributed by atoms with Gasteiger partial charge in [0.1, 0.15) is 11.6 Å². The molecular weight excluding hydrogens is 270 g/mol. The Morgan fingerprint density at radius 1 is 1.29 bits per heavy atom. The van der Waals surface area contributed by atoms with E-state index in [0.717, 1.165) is 16.8 Å². The van der Waals surface area contributed by atoms with E-state index in [4.69, 9.17) is 9.47 Å². The lowest BCUT2D eigenvalue weighted by atomic mass is 10.1. The molecule has 21 heavy (non-hydrogen) atoms. The first-order valence-electron chi connectivity index (χ1n) is 6.92. The zero-order valence-electron chi connectivity index (χ0n) is 13.1. The predicted molar refractivity (Wildman–Crippen MR) is 79.4 cm³/mol. The SMILES string of the molecule is COC(=O)C1Cc2ccc(C)cc2N1C(=O)OC(C)(C)C. The fourth-order valence-electron chi connectivity index (χ4n) is 2.40. The van der Waals surface area contributed by atoms with Crippen molar-refractivity contribution in [3.63, 3.8) is 0 Å². The van der Waals surface area contributed by atoms with Gasteiger partial charge in [-0.05, 0) is 44.9 Å². The van der Waals surface area contributed by atoms with E-state index in [1.54, 1.807) is 20.8 Å². The minimum atomic E-state index is -0.665. The molecule has 1 unspecified atom stereocenters. The number of hydrogen-bond donors (Lipinski definition) is 0. The van der Waals surface area contributed by atoms with E-state index in [1.165, 1.54) is 12.0 Å². The minimum Gasteiger partial charge on any atom is -0.467 e. The molecule has 0 aliphatic carbocycles. The lowest BCUT2D eigenvalue weighted by Gasteiger charge is -2.28. The lowest BCUT2D eigenvalue weighted by Crippen LogP contribution is -2.45. The first-order valence-corrected chi connectivity index (χ1v) is 6.92. The summed E-state index contributed by atoms with van der Waals surface area (Å²) in [6.07, 6.45) is -0.0797. The molecule has 1 heterocycles. The molecule has 5 heteroatoms. The highest BCUT2D eigenvalue weighted by atomic mass is 16.6. The number of carbonyl (C=O) groups is 2. The van der Waals surface area contributed by atoms with Gasteiger partial charge in [-0.1, -0.05) is 12.1 Å². The van der Waals surface area contributed by atoms with Crippen LogP contribution in [-0.4, -0.2) is 30.8 Å². The number of esters is 1. The van der Waals surface area contributed by atoms with Crippen molar-refractivity contribution in [1.29, 1.82) is 0 Å². The monoisotopic (exact) mass is 291 g/mol. The Hall–Kier alpha value is -2.04. The molecule has 1 atom stereocenters. The van der Waals surface area contributed by atoms with Crippen molar-refractivity contribution in [2.45, 2.75) is 45.8 Å². The van der Waals surface area contributed by atoms with Crippen LogP contribution in [0.4, 0.5) is 10.5 Å². The van der Waals surface area contributed by atoms with Crippen molar-refractivity contribution in [1.82, 2.24) is 0 Å². The van der Waals surface area contributed by atoms with Crippen LogP contribution in [0.5, 0.6) is 0 Å². The van der Waals surface area contributed by atoms with Crippen LogP contribution in [0.1, 0.15) is 31.9 Å². The zero-order valence-corrected chi connectivity index (χ0v) is 13.1. The van der Waals surface area contributed by atoms with Crippen LogP contribution in [0.25, 0.3) is 0 Å². The van der Waals surface area contributed by atoms with Crippen LogP contribution in [0, 0.1) is 6.92 Å². The van der Waals surface area contributed by atoms with Gasteiger partial charge in [-0.3, -0.25) is 4.90 Å². The number of fused-ring (bicyclic) bond motifs is 1. The number of anilines is 1. The highest BCUT2D eigenvalue weighted by Gasteiger charge is 2.41. The van der Waals surface area contributed by atoms with Gasteiger partial charge in [0, 0.05) is 6.42 Å². The zero-order chi connectivity index (χ0) is 15.8. The highest BCUT2D eigenvalue weighted by molar-refractivity contribution is 5.99. The Balaban J connectivity index is 2.39. The molecule has 0 N–H and O–H groups in total. The average molecular weight is 291 g/mol. The summed E-state index contributed by atoms with van der Waals surface area (Å²) >= 11 is 0. The molecule has 0 saturated heterocycles. The number of aryl methyl sites for hydroxylation is 1. The summed E-state index contributed by atoms with van der Waals surface area (Å²) in [7, 11) is 1.32. The summed E-state index contributed by atoms with van der Waals surface area (Å²) in [6, 6.07) is 5.13. The number of benzene rings is 1. The molecule has 0 spiro atoms. The largest absolute Gasteiger partial charge is 0.467 e. The topological polar surface area (TPSA) is 55.8 Å². The van der Waals surface area contributed by atoms with Gasteiger partial charge in [-0.2, -0.15) is 0 Å². The average Bonchev–Trinajstić information content (AvgIpc) is 2.74. The molecule has 1 amide bonds. The second-order valence-electron chi connectivity index (χ2n) is 6.23. The third-order valence-electron chi connectivity index (χ3n) is 3.29. The minimum absolute atomic E-state index is 0.435. The number of ether oxygens (including phenoxy) is 2. The molecule has 0 aromatic heterocycles. The molecule has 2 rings (SSSR count). The van der Waals surface area contributed by atoms with Crippen molar-refractivity contribution >= 4 is 17.7 Å². The molecule has 1 aromatic carbocycles. The predicted octanol–water partition coefficient (Wildman–Crippen LogP) is 2.83. The van der Waals surface area contributed by atoms with Gasteiger partial charge in [0.25, 0.3) is 0 Å². The van der Waals surface area contributed by atoms with E-state index in [2.05, 4.69) is 0 Å². The number of methoxy groups -OCH3 is 1. The Bertz CT molecular complexity index is 574. The number of carbonyl (C=O) groups excluding carboxylic acids is 2. The Morgan fingerprint density at radius 2 is 1.95 bits per heavy atom. The van der Waals surface area contributed by atoms with Crippen LogP contribution in [0.15, 0.2) is 18.2 Å². The van der Waals surface area contributed by atoms with Gasteiger partial charge in [-0.15, -0.1) is 0 Å². The summed E-state index contributed by atoms with van der Waals surface area (Å²) in [5.41, 5.74) is 2.07. The van der Waals surface area contributed by atoms with Crippen molar-refractivity contribution in [2.75, 3.05) is 12.0 Å². The molecule has 0 fully saturated rings. The van der Waals surface area contributed by atoms with E-state index in [9.17, 15) is 9.59 Å². The van der Waals surface area contributed by atoms with Crippen LogP contribution in [0.3, 0.4) is 0 Å². The first-order chi connectivity index (χ1) is 9.73. The molecule has 0 bridgehead atoms. The number of hydrogen-bond acceptors (Lipinski definition) is 4. The number of amides is 1. The number of rotatable bonds is 1. The fourth-order valence-corrected chi connectivity index (χ4v) is 2.40. The molecule has 1 aliphatic rings. The maximum absolute atomic E-state index is 12.5. The smallest absolute Gasteiger partial charge is 0.415 e.